The summed E-state index contributed by atoms with van der Waals surface area (Å²) in [5.74, 6) is 0.778. The molecule has 0 spiro atoms. The van der Waals surface area contributed by atoms with Crippen molar-refractivity contribution < 1.29 is 9.53 Å². The Bertz CT molecular complexity index is 717. The van der Waals surface area contributed by atoms with Gasteiger partial charge in [-0.3, -0.25) is 9.78 Å². The molecule has 4 nitrogen and oxygen atoms in total. The Morgan fingerprint density at radius 2 is 2.17 bits per heavy atom. The Hall–Kier alpha value is -2.07. The minimum atomic E-state index is -0.0387. The Morgan fingerprint density at radius 3 is 2.75 bits per heavy atom. The number of hydrogen-bond donors (Lipinski definition) is 0. The minimum absolute atomic E-state index is 0.0387. The summed E-state index contributed by atoms with van der Waals surface area (Å²) < 4.78 is 5.16. The van der Waals surface area contributed by atoms with E-state index in [1.807, 2.05) is 42.2 Å². The SMILES string of the molecule is COc1ccc(CC(=O)N(C2CC2)[C@@H](C)c2ccccn2)c(Cl)c1. The quantitative estimate of drug-likeness (QED) is 0.794. The minimum Gasteiger partial charge on any atom is -0.497 e. The van der Waals surface area contributed by atoms with Gasteiger partial charge in [0.25, 0.3) is 0 Å². The van der Waals surface area contributed by atoms with Crippen LogP contribution >= 0.6 is 11.6 Å². The molecule has 1 aliphatic carbocycles. The first-order valence-electron chi connectivity index (χ1n) is 8.14. The van der Waals surface area contributed by atoms with Crippen LogP contribution in [0.15, 0.2) is 42.6 Å². The van der Waals surface area contributed by atoms with Gasteiger partial charge in [-0.2, -0.15) is 0 Å². The number of amides is 1. The predicted molar refractivity (Wildman–Crippen MR) is 94.2 cm³/mol. The number of pyridine rings is 1. The summed E-state index contributed by atoms with van der Waals surface area (Å²) in [5.41, 5.74) is 1.74. The first-order chi connectivity index (χ1) is 11.6. The second-order valence-corrected chi connectivity index (χ2v) is 6.50. The molecule has 0 N–H and O–H groups in total. The number of ether oxygens (including phenoxy) is 1. The van der Waals surface area contributed by atoms with Crippen LogP contribution in [0.3, 0.4) is 0 Å². The molecule has 0 radical (unpaired) electrons. The summed E-state index contributed by atoms with van der Waals surface area (Å²) in [5, 5.41) is 0.559. The van der Waals surface area contributed by atoms with Crippen molar-refractivity contribution in [3.05, 3.63) is 58.9 Å². The maximum absolute atomic E-state index is 12.9. The molecule has 0 bridgehead atoms. The number of carbonyl (C=O) groups excluding carboxylic acids is 1. The van der Waals surface area contributed by atoms with Crippen LogP contribution < -0.4 is 4.74 Å². The van der Waals surface area contributed by atoms with Gasteiger partial charge < -0.3 is 9.64 Å². The monoisotopic (exact) mass is 344 g/mol. The molecule has 1 fully saturated rings. The molecule has 0 saturated heterocycles. The molecule has 1 aromatic heterocycles. The molecule has 24 heavy (non-hydrogen) atoms. The molecule has 1 aliphatic rings. The van der Waals surface area contributed by atoms with Gasteiger partial charge in [-0.15, -0.1) is 0 Å². The molecule has 126 valence electrons. The lowest BCUT2D eigenvalue weighted by atomic mass is 10.1. The van der Waals surface area contributed by atoms with Crippen LogP contribution in [0.5, 0.6) is 5.75 Å². The lowest BCUT2D eigenvalue weighted by Crippen LogP contribution is -2.37. The molecule has 5 heteroatoms. The van der Waals surface area contributed by atoms with Gasteiger partial charge in [-0.1, -0.05) is 23.7 Å². The van der Waals surface area contributed by atoms with Crippen molar-refractivity contribution in [2.24, 2.45) is 0 Å². The van der Waals surface area contributed by atoms with E-state index in [-0.39, 0.29) is 18.4 Å². The summed E-state index contributed by atoms with van der Waals surface area (Å²) in [6.45, 7) is 2.04. The van der Waals surface area contributed by atoms with Gasteiger partial charge in [0.15, 0.2) is 0 Å². The normalized spacial score (nSPS) is 15.0. The van der Waals surface area contributed by atoms with E-state index >= 15 is 0 Å². The van der Waals surface area contributed by atoms with Gasteiger partial charge in [0.2, 0.25) is 5.91 Å². The Kier molecular flexibility index (Phi) is 5.05. The van der Waals surface area contributed by atoms with E-state index in [4.69, 9.17) is 16.3 Å². The predicted octanol–water partition coefficient (Wildman–Crippen LogP) is 4.04. The molecule has 1 saturated carbocycles. The van der Waals surface area contributed by atoms with Crippen molar-refractivity contribution in [1.82, 2.24) is 9.88 Å². The zero-order valence-corrected chi connectivity index (χ0v) is 14.7. The second-order valence-electron chi connectivity index (χ2n) is 6.10. The zero-order chi connectivity index (χ0) is 17.1. The van der Waals surface area contributed by atoms with Crippen LogP contribution in [0.1, 0.15) is 37.1 Å². The van der Waals surface area contributed by atoms with Crippen molar-refractivity contribution in [2.75, 3.05) is 7.11 Å². The number of halogens is 1. The summed E-state index contributed by atoms with van der Waals surface area (Å²) in [7, 11) is 1.60. The lowest BCUT2D eigenvalue weighted by Gasteiger charge is -2.29. The van der Waals surface area contributed by atoms with Crippen LogP contribution in [0.2, 0.25) is 5.02 Å². The van der Waals surface area contributed by atoms with E-state index in [0.717, 1.165) is 24.1 Å². The zero-order valence-electron chi connectivity index (χ0n) is 13.9. The van der Waals surface area contributed by atoms with E-state index in [9.17, 15) is 4.79 Å². The van der Waals surface area contributed by atoms with Crippen molar-refractivity contribution in [2.45, 2.75) is 38.3 Å². The molecular weight excluding hydrogens is 324 g/mol. The van der Waals surface area contributed by atoms with E-state index < -0.39 is 0 Å². The molecule has 1 amide bonds. The summed E-state index contributed by atoms with van der Waals surface area (Å²) >= 11 is 6.29. The topological polar surface area (TPSA) is 42.4 Å². The fraction of sp³-hybridized carbons (Fsp3) is 0.368. The summed E-state index contributed by atoms with van der Waals surface area (Å²) in [4.78, 5) is 19.3. The van der Waals surface area contributed by atoms with E-state index in [1.54, 1.807) is 19.4 Å². The van der Waals surface area contributed by atoms with Crippen LogP contribution in [0, 0.1) is 0 Å². The first kappa shape index (κ1) is 16.8. The number of rotatable bonds is 6. The molecule has 1 heterocycles. The third-order valence-corrected chi connectivity index (χ3v) is 4.72. The van der Waals surface area contributed by atoms with E-state index in [0.29, 0.717) is 16.8 Å². The average molecular weight is 345 g/mol. The number of nitrogens with zero attached hydrogens (tertiary/aromatic N) is 2. The van der Waals surface area contributed by atoms with Crippen molar-refractivity contribution in [3.63, 3.8) is 0 Å². The standard InChI is InChI=1S/C19H21ClN2O2/c1-13(18-5-3-4-10-21-18)22(15-7-8-15)19(23)11-14-6-9-16(24-2)12-17(14)20/h3-6,9-10,12-13,15H,7-8,11H2,1-2H3/t13-/m0/s1. The Labute approximate surface area is 147 Å². The van der Waals surface area contributed by atoms with Gasteiger partial charge in [0, 0.05) is 17.3 Å². The van der Waals surface area contributed by atoms with Gasteiger partial charge >= 0.3 is 0 Å². The van der Waals surface area contributed by atoms with Gasteiger partial charge in [0.05, 0.1) is 25.3 Å². The maximum Gasteiger partial charge on any atom is 0.227 e. The fourth-order valence-electron chi connectivity index (χ4n) is 2.91. The highest BCUT2D eigenvalue weighted by atomic mass is 35.5. The van der Waals surface area contributed by atoms with Crippen LogP contribution in [0.25, 0.3) is 0 Å². The second kappa shape index (κ2) is 7.22. The number of carbonyl (C=O) groups is 1. The fourth-order valence-corrected chi connectivity index (χ4v) is 3.14. The number of benzene rings is 1. The maximum atomic E-state index is 12.9. The molecule has 0 unspecified atom stereocenters. The third kappa shape index (κ3) is 3.70. The molecule has 3 rings (SSSR count). The lowest BCUT2D eigenvalue weighted by molar-refractivity contribution is -0.133. The van der Waals surface area contributed by atoms with Crippen LogP contribution in [-0.4, -0.2) is 28.9 Å². The van der Waals surface area contributed by atoms with E-state index in [2.05, 4.69) is 4.98 Å². The summed E-state index contributed by atoms with van der Waals surface area (Å²) in [6, 6.07) is 11.5. The highest BCUT2D eigenvalue weighted by Gasteiger charge is 2.36. The van der Waals surface area contributed by atoms with Crippen molar-refractivity contribution in [1.29, 1.82) is 0 Å². The average Bonchev–Trinajstić information content (AvgIpc) is 3.42. The van der Waals surface area contributed by atoms with Crippen molar-refractivity contribution in [3.8, 4) is 5.75 Å². The van der Waals surface area contributed by atoms with Crippen molar-refractivity contribution >= 4 is 17.5 Å². The molecule has 0 aliphatic heterocycles. The number of hydrogen-bond acceptors (Lipinski definition) is 3. The molecule has 1 aromatic carbocycles. The van der Waals surface area contributed by atoms with Gasteiger partial charge in [-0.25, -0.2) is 0 Å². The Balaban J connectivity index is 1.78. The largest absolute Gasteiger partial charge is 0.497 e. The number of methoxy groups -OCH3 is 1. The highest BCUT2D eigenvalue weighted by molar-refractivity contribution is 6.31. The summed E-state index contributed by atoms with van der Waals surface area (Å²) in [6.07, 6.45) is 4.16. The smallest absolute Gasteiger partial charge is 0.227 e. The first-order valence-corrected chi connectivity index (χ1v) is 8.52. The Morgan fingerprint density at radius 1 is 1.38 bits per heavy atom. The van der Waals surface area contributed by atoms with Gasteiger partial charge in [-0.05, 0) is 49.6 Å². The van der Waals surface area contributed by atoms with Crippen LogP contribution in [-0.2, 0) is 11.2 Å². The molecule has 2 aromatic rings. The molecular formula is C19H21ClN2O2. The van der Waals surface area contributed by atoms with Gasteiger partial charge in [0.1, 0.15) is 5.75 Å². The van der Waals surface area contributed by atoms with Crippen LogP contribution in [0.4, 0.5) is 0 Å². The molecule has 1 atom stereocenters. The number of aromatic nitrogens is 1. The van der Waals surface area contributed by atoms with E-state index in [1.165, 1.54) is 0 Å². The highest BCUT2D eigenvalue weighted by Crippen LogP contribution is 2.35. The third-order valence-electron chi connectivity index (χ3n) is 4.36.